The Morgan fingerprint density at radius 1 is 0.846 bits per heavy atom. The average molecular weight is 922 g/mol. The number of nitrogens with one attached hydrogen (secondary N) is 2. The van der Waals surface area contributed by atoms with Gasteiger partial charge >= 0.3 is 0 Å². The molecule has 8 rings (SSSR count). The van der Waals surface area contributed by atoms with Crippen LogP contribution in [0.15, 0.2) is 47.4 Å². The van der Waals surface area contributed by atoms with Gasteiger partial charge in [-0.1, -0.05) is 19.1 Å². The minimum Gasteiger partial charge on any atom is -0.491 e. The monoisotopic (exact) mass is 921 g/mol. The highest BCUT2D eigenvalue weighted by Gasteiger charge is 2.31. The molecule has 342 valence electrons. The van der Waals surface area contributed by atoms with Crippen molar-refractivity contribution in [2.45, 2.75) is 83.9 Å². The Morgan fingerprint density at radius 3 is 2.09 bits per heavy atom. The number of allylic oxidation sites excluding steroid dienone is 2. The second kappa shape index (κ2) is 19.6. The van der Waals surface area contributed by atoms with Crippen molar-refractivity contribution in [3.63, 3.8) is 0 Å². The summed E-state index contributed by atoms with van der Waals surface area (Å²) in [6.07, 6.45) is 9.71. The normalized spacial score (nSPS) is 14.8. The Kier molecular flexibility index (Phi) is 13.7. The molecule has 0 unspecified atom stereocenters. The molecule has 65 heavy (non-hydrogen) atoms. The molecular weight excluding hydrogens is 867 g/mol. The highest BCUT2D eigenvalue weighted by atomic mass is 32.2. The summed E-state index contributed by atoms with van der Waals surface area (Å²) in [4.78, 5) is 73.1. The first-order valence-electron chi connectivity index (χ1n) is 21.9. The van der Waals surface area contributed by atoms with Gasteiger partial charge in [-0.05, 0) is 83.0 Å². The molecular formula is C45H55N13O5S2. The zero-order valence-corrected chi connectivity index (χ0v) is 39.0. The van der Waals surface area contributed by atoms with Crippen LogP contribution in [0.4, 0.5) is 11.9 Å². The largest absolute Gasteiger partial charge is 0.491 e. The summed E-state index contributed by atoms with van der Waals surface area (Å²) in [6.45, 7) is 14.0. The van der Waals surface area contributed by atoms with Crippen molar-refractivity contribution in [3.8, 4) is 5.75 Å². The number of hydrogen-bond acceptors (Lipinski definition) is 13. The first-order chi connectivity index (χ1) is 31.3. The number of imidazole rings is 2. The van der Waals surface area contributed by atoms with E-state index in [4.69, 9.17) is 26.2 Å². The number of aryl methyl sites for hydroxylation is 4. The van der Waals surface area contributed by atoms with E-state index >= 15 is 0 Å². The summed E-state index contributed by atoms with van der Waals surface area (Å²) in [5, 5.41) is 11.2. The standard InChI is InChI=1S/C45H55N13O5S2/c1-6-31-39(65-27(4)48-31)43(62)52-45-50-33-23-29(41(47)60)25-36(64-5)38(33)57(45)15-9-8-14-56-37-32(49-44(56)51-42(61)34-21-26(3)53-58(34)7-2)22-28(40(46)59)24-35(37)63-20-10-13-54-16-18-55(19-17-54)30-11-12-30/h8-9,21-25,30H,6-7,10-20H2,1-5H3,(H2,46,59)(H2,47,60)(H,49,51,61)(H,50,52,62)/b9-8+. The summed E-state index contributed by atoms with van der Waals surface area (Å²) < 4.78 is 11.8. The lowest BCUT2D eigenvalue weighted by Gasteiger charge is -2.34. The first-order valence-corrected chi connectivity index (χ1v) is 24.0. The number of anilines is 2. The van der Waals surface area contributed by atoms with Gasteiger partial charge in [0.25, 0.3) is 11.8 Å². The maximum atomic E-state index is 13.9. The van der Waals surface area contributed by atoms with Crippen molar-refractivity contribution >= 4 is 80.7 Å². The number of primary amides is 2. The number of ether oxygens (including phenoxy) is 1. The smallest absolute Gasteiger partial charge is 0.276 e. The molecule has 0 spiro atoms. The number of thioether (sulfide) groups is 1. The maximum Gasteiger partial charge on any atom is 0.276 e. The van der Waals surface area contributed by atoms with Gasteiger partial charge < -0.3 is 30.2 Å². The Labute approximate surface area is 384 Å². The molecule has 1 aliphatic carbocycles. The number of carbonyl (C=O) groups is 4. The van der Waals surface area contributed by atoms with E-state index in [1.165, 1.54) is 35.9 Å². The van der Waals surface area contributed by atoms with Gasteiger partial charge in [0.1, 0.15) is 21.8 Å². The molecule has 1 saturated carbocycles. The van der Waals surface area contributed by atoms with Crippen LogP contribution >= 0.6 is 23.1 Å². The van der Waals surface area contributed by atoms with Gasteiger partial charge in [0.05, 0.1) is 39.6 Å². The van der Waals surface area contributed by atoms with Crippen molar-refractivity contribution in [2.24, 2.45) is 11.5 Å². The topological polar surface area (TPSA) is 226 Å². The molecule has 4 amide bonds. The van der Waals surface area contributed by atoms with E-state index in [1.807, 2.05) is 55.2 Å². The molecule has 5 heterocycles. The van der Waals surface area contributed by atoms with Gasteiger partial charge in [0, 0.05) is 74.4 Å². The van der Waals surface area contributed by atoms with Crippen LogP contribution in [0.5, 0.6) is 5.75 Å². The summed E-state index contributed by atoms with van der Waals surface area (Å²) in [7, 11) is 0. The van der Waals surface area contributed by atoms with Crippen LogP contribution in [0, 0.1) is 13.8 Å². The summed E-state index contributed by atoms with van der Waals surface area (Å²) in [6, 6.07) is 9.07. The van der Waals surface area contributed by atoms with Crippen molar-refractivity contribution in [3.05, 3.63) is 80.6 Å². The maximum absolute atomic E-state index is 13.9. The van der Waals surface area contributed by atoms with E-state index in [-0.39, 0.29) is 36.5 Å². The van der Waals surface area contributed by atoms with Crippen LogP contribution in [0.25, 0.3) is 22.1 Å². The minimum absolute atomic E-state index is 0.214. The van der Waals surface area contributed by atoms with Gasteiger partial charge in [0.2, 0.25) is 23.7 Å². The molecule has 18 nitrogen and oxygen atoms in total. The van der Waals surface area contributed by atoms with E-state index in [0.29, 0.717) is 74.9 Å². The molecule has 2 fully saturated rings. The van der Waals surface area contributed by atoms with E-state index in [1.54, 1.807) is 35.0 Å². The molecule has 0 radical (unpaired) electrons. The van der Waals surface area contributed by atoms with Gasteiger partial charge in [-0.15, -0.1) is 23.1 Å². The van der Waals surface area contributed by atoms with E-state index in [2.05, 4.69) is 30.5 Å². The first kappa shape index (κ1) is 45.5. The fourth-order valence-corrected chi connectivity index (χ4v) is 9.91. The van der Waals surface area contributed by atoms with Crippen LogP contribution in [0.2, 0.25) is 0 Å². The molecule has 6 N–H and O–H groups in total. The Morgan fingerprint density at radius 2 is 1.48 bits per heavy atom. The number of nitrogens with two attached hydrogens (primary N) is 2. The summed E-state index contributed by atoms with van der Waals surface area (Å²) >= 11 is 2.75. The Balaban J connectivity index is 1.12. The van der Waals surface area contributed by atoms with E-state index in [0.717, 1.165) is 55.1 Å². The van der Waals surface area contributed by atoms with Crippen LogP contribution in [0.1, 0.15) is 90.4 Å². The Hall–Kier alpha value is -6.09. The molecule has 6 aromatic rings. The SMILES string of the molecule is CCc1nc(C)sc1C(=O)Nc1nc2cc(C(N)=O)cc(SC)c2n1C/C=C/Cn1c(NC(=O)c2cc(C)nn2CC)nc2cc(C(N)=O)cc(OCCCN3CCN(C4CC4)CC3)c21. The number of aromatic nitrogens is 7. The minimum atomic E-state index is -0.632. The molecule has 2 aliphatic rings. The molecule has 4 aromatic heterocycles. The number of piperazine rings is 1. The molecule has 0 atom stereocenters. The zero-order chi connectivity index (χ0) is 45.9. The van der Waals surface area contributed by atoms with Crippen LogP contribution < -0.4 is 26.8 Å². The van der Waals surface area contributed by atoms with Crippen LogP contribution in [-0.4, -0.2) is 119 Å². The van der Waals surface area contributed by atoms with Crippen molar-refractivity contribution < 1.29 is 23.9 Å². The number of rotatable bonds is 19. The number of hydrogen-bond donors (Lipinski definition) is 4. The second-order valence-corrected chi connectivity index (χ2v) is 18.3. The third kappa shape index (κ3) is 9.95. The van der Waals surface area contributed by atoms with Crippen molar-refractivity contribution in [1.82, 2.24) is 43.7 Å². The molecule has 0 bridgehead atoms. The number of fused-ring (bicyclic) bond motifs is 2. The predicted octanol–water partition coefficient (Wildman–Crippen LogP) is 5.47. The number of amides is 4. The van der Waals surface area contributed by atoms with Gasteiger partial charge in [-0.2, -0.15) is 5.10 Å². The molecule has 20 heteroatoms. The van der Waals surface area contributed by atoms with Gasteiger partial charge in [-0.25, -0.2) is 15.0 Å². The van der Waals surface area contributed by atoms with Crippen LogP contribution in [0.3, 0.4) is 0 Å². The van der Waals surface area contributed by atoms with Crippen molar-refractivity contribution in [1.29, 1.82) is 0 Å². The lowest BCUT2D eigenvalue weighted by atomic mass is 10.1. The molecule has 2 aromatic carbocycles. The van der Waals surface area contributed by atoms with Gasteiger partial charge in [0.15, 0.2) is 0 Å². The number of carbonyl (C=O) groups excluding carboxylic acids is 4. The second-order valence-electron chi connectivity index (χ2n) is 16.2. The molecule has 1 aliphatic heterocycles. The summed E-state index contributed by atoms with van der Waals surface area (Å²) in [5.41, 5.74) is 16.0. The molecule has 1 saturated heterocycles. The third-order valence-electron chi connectivity index (χ3n) is 11.7. The van der Waals surface area contributed by atoms with Crippen LogP contribution in [-0.2, 0) is 26.1 Å². The highest BCUT2D eigenvalue weighted by molar-refractivity contribution is 7.98. The average Bonchev–Trinajstić information content (AvgIpc) is 3.63. The van der Waals surface area contributed by atoms with Crippen molar-refractivity contribution in [2.75, 3.05) is 56.2 Å². The number of nitrogens with zero attached hydrogens (tertiary/aromatic N) is 9. The van der Waals surface area contributed by atoms with Gasteiger partial charge in [-0.3, -0.25) is 39.4 Å². The zero-order valence-electron chi connectivity index (χ0n) is 37.3. The highest BCUT2D eigenvalue weighted by Crippen LogP contribution is 2.34. The fourth-order valence-electron chi connectivity index (χ4n) is 8.36. The summed E-state index contributed by atoms with van der Waals surface area (Å²) in [5.74, 6) is -1.04. The lowest BCUT2D eigenvalue weighted by molar-refractivity contribution is 0.0991. The quantitative estimate of drug-likeness (QED) is 0.0451. The van der Waals surface area contributed by atoms with E-state index < -0.39 is 17.7 Å². The number of benzene rings is 2. The Bertz CT molecular complexity index is 2810. The van der Waals surface area contributed by atoms with E-state index in [9.17, 15) is 19.2 Å². The number of thiazole rings is 1. The third-order valence-corrected chi connectivity index (χ3v) is 13.5. The fraction of sp³-hybridized carbons (Fsp3) is 0.422. The predicted molar refractivity (Wildman–Crippen MR) is 253 cm³/mol. The lowest BCUT2D eigenvalue weighted by Crippen LogP contribution is -2.47.